The number of hydrogen-bond acceptors (Lipinski definition) is 4. The van der Waals surface area contributed by atoms with Crippen LogP contribution in [0.4, 0.5) is 0 Å². The van der Waals surface area contributed by atoms with Crippen LogP contribution in [-0.2, 0) is 14.6 Å². The number of hydrogen-bond donors (Lipinski definition) is 2. The molecule has 1 atom stereocenters. The Morgan fingerprint density at radius 2 is 1.85 bits per heavy atom. The molecule has 6 nitrogen and oxygen atoms in total. The van der Waals surface area contributed by atoms with Gasteiger partial charge in [0.15, 0.2) is 0 Å². The molecule has 0 fully saturated rings. The van der Waals surface area contributed by atoms with E-state index in [9.17, 15) is 18.0 Å². The van der Waals surface area contributed by atoms with Crippen LogP contribution in [0.1, 0.15) is 23.7 Å². The zero-order valence-corrected chi connectivity index (χ0v) is 11.9. The van der Waals surface area contributed by atoms with Crippen molar-refractivity contribution in [3.63, 3.8) is 0 Å². The van der Waals surface area contributed by atoms with Crippen molar-refractivity contribution in [3.05, 3.63) is 35.9 Å². The van der Waals surface area contributed by atoms with Gasteiger partial charge in [-0.05, 0) is 18.6 Å². The van der Waals surface area contributed by atoms with Crippen LogP contribution in [0.3, 0.4) is 0 Å². The summed E-state index contributed by atoms with van der Waals surface area (Å²) >= 11 is 0. The van der Waals surface area contributed by atoms with Crippen LogP contribution < -0.4 is 5.32 Å². The van der Waals surface area contributed by atoms with E-state index in [-0.39, 0.29) is 17.9 Å². The van der Waals surface area contributed by atoms with Crippen LogP contribution in [0.2, 0.25) is 0 Å². The summed E-state index contributed by atoms with van der Waals surface area (Å²) in [7, 11) is -3.26. The van der Waals surface area contributed by atoms with Gasteiger partial charge in [-0.25, -0.2) is 13.2 Å². The number of aliphatic carboxylic acids is 1. The number of rotatable bonds is 7. The van der Waals surface area contributed by atoms with Gasteiger partial charge in [-0.15, -0.1) is 0 Å². The molecule has 0 spiro atoms. The van der Waals surface area contributed by atoms with Crippen molar-refractivity contribution in [2.45, 2.75) is 19.4 Å². The number of sulfone groups is 1. The summed E-state index contributed by atoms with van der Waals surface area (Å²) in [5, 5.41) is 11.4. The molecule has 0 aliphatic heterocycles. The third-order valence-corrected chi connectivity index (χ3v) is 4.53. The molecule has 1 aromatic carbocycles. The summed E-state index contributed by atoms with van der Waals surface area (Å²) in [5.74, 6) is -2.10. The van der Waals surface area contributed by atoms with Crippen LogP contribution in [-0.4, -0.2) is 42.9 Å². The van der Waals surface area contributed by atoms with E-state index in [0.717, 1.165) is 0 Å². The van der Waals surface area contributed by atoms with Gasteiger partial charge in [-0.1, -0.05) is 25.1 Å². The maximum Gasteiger partial charge on any atom is 0.326 e. The van der Waals surface area contributed by atoms with E-state index < -0.39 is 27.8 Å². The fourth-order valence-corrected chi connectivity index (χ4v) is 2.41. The highest BCUT2D eigenvalue weighted by molar-refractivity contribution is 7.91. The molecule has 110 valence electrons. The van der Waals surface area contributed by atoms with E-state index in [0.29, 0.717) is 5.56 Å². The second-order valence-corrected chi connectivity index (χ2v) is 6.73. The number of carboxylic acids is 1. The summed E-state index contributed by atoms with van der Waals surface area (Å²) in [4.78, 5) is 22.9. The molecule has 2 N–H and O–H groups in total. The van der Waals surface area contributed by atoms with E-state index in [1.807, 2.05) is 0 Å². The van der Waals surface area contributed by atoms with Gasteiger partial charge in [0, 0.05) is 11.3 Å². The fourth-order valence-electron chi connectivity index (χ4n) is 1.53. The average molecular weight is 299 g/mol. The molecular weight excluding hydrogens is 282 g/mol. The molecule has 0 saturated carbocycles. The molecule has 0 aromatic heterocycles. The van der Waals surface area contributed by atoms with Gasteiger partial charge in [0.2, 0.25) is 0 Å². The van der Waals surface area contributed by atoms with Gasteiger partial charge >= 0.3 is 5.97 Å². The van der Waals surface area contributed by atoms with E-state index >= 15 is 0 Å². The van der Waals surface area contributed by atoms with Crippen molar-refractivity contribution in [1.82, 2.24) is 5.32 Å². The summed E-state index contributed by atoms with van der Waals surface area (Å²) in [6.07, 6.45) is -0.149. The quantitative estimate of drug-likeness (QED) is 0.771. The Bertz CT molecular complexity index is 568. The van der Waals surface area contributed by atoms with Gasteiger partial charge in [-0.3, -0.25) is 4.79 Å². The molecule has 0 heterocycles. The number of carbonyl (C=O) groups is 2. The topological polar surface area (TPSA) is 101 Å². The Labute approximate surface area is 117 Å². The maximum absolute atomic E-state index is 11.8. The fraction of sp³-hybridized carbons (Fsp3) is 0.385. The molecule has 0 bridgehead atoms. The first-order chi connectivity index (χ1) is 9.35. The highest BCUT2D eigenvalue weighted by Gasteiger charge is 2.22. The van der Waals surface area contributed by atoms with E-state index in [1.54, 1.807) is 30.3 Å². The molecule has 0 aliphatic rings. The highest BCUT2D eigenvalue weighted by Crippen LogP contribution is 2.03. The molecule has 1 aromatic rings. The lowest BCUT2D eigenvalue weighted by Gasteiger charge is -2.14. The van der Waals surface area contributed by atoms with Crippen molar-refractivity contribution in [3.8, 4) is 0 Å². The van der Waals surface area contributed by atoms with Crippen LogP contribution in [0, 0.1) is 0 Å². The SMILES string of the molecule is CCS(=O)(=O)CCC(NC(=O)c1ccccc1)C(=O)O. The minimum absolute atomic E-state index is 0.0496. The first kappa shape index (κ1) is 16.2. The minimum Gasteiger partial charge on any atom is -0.480 e. The largest absolute Gasteiger partial charge is 0.480 e. The van der Waals surface area contributed by atoms with Crippen molar-refractivity contribution >= 4 is 21.7 Å². The Kier molecular flexibility index (Phi) is 5.69. The van der Waals surface area contributed by atoms with Crippen LogP contribution in [0.15, 0.2) is 30.3 Å². The third-order valence-electron chi connectivity index (χ3n) is 2.80. The molecular formula is C13H17NO5S. The zero-order valence-electron chi connectivity index (χ0n) is 11.1. The standard InChI is InChI=1S/C13H17NO5S/c1-2-20(18,19)9-8-11(13(16)17)14-12(15)10-6-4-3-5-7-10/h3-7,11H,2,8-9H2,1H3,(H,14,15)(H,16,17). The van der Waals surface area contributed by atoms with E-state index in [4.69, 9.17) is 5.11 Å². The van der Waals surface area contributed by atoms with Crippen molar-refractivity contribution in [1.29, 1.82) is 0 Å². The number of nitrogens with one attached hydrogen (secondary N) is 1. The molecule has 0 saturated heterocycles. The molecule has 0 radical (unpaired) electrons. The normalized spacial score (nSPS) is 12.7. The average Bonchev–Trinajstić information content (AvgIpc) is 2.43. The highest BCUT2D eigenvalue weighted by atomic mass is 32.2. The van der Waals surface area contributed by atoms with Gasteiger partial charge in [0.25, 0.3) is 5.91 Å². The lowest BCUT2D eigenvalue weighted by Crippen LogP contribution is -2.42. The number of benzene rings is 1. The smallest absolute Gasteiger partial charge is 0.326 e. The van der Waals surface area contributed by atoms with Gasteiger partial charge in [0.05, 0.1) is 5.75 Å². The number of amides is 1. The zero-order chi connectivity index (χ0) is 15.2. The van der Waals surface area contributed by atoms with Crippen LogP contribution in [0.25, 0.3) is 0 Å². The van der Waals surface area contributed by atoms with Crippen molar-refractivity contribution in [2.75, 3.05) is 11.5 Å². The number of carboxylic acid groups (broad SMARTS) is 1. The second-order valence-electron chi connectivity index (χ2n) is 4.26. The molecule has 7 heteroatoms. The monoisotopic (exact) mass is 299 g/mol. The first-order valence-corrected chi connectivity index (χ1v) is 7.97. The number of carbonyl (C=O) groups excluding carboxylic acids is 1. The molecule has 1 unspecified atom stereocenters. The van der Waals surface area contributed by atoms with Crippen LogP contribution in [0.5, 0.6) is 0 Å². The summed E-state index contributed by atoms with van der Waals surface area (Å²) in [6, 6.07) is 6.94. The molecule has 0 aliphatic carbocycles. The Morgan fingerprint density at radius 3 is 2.35 bits per heavy atom. The predicted octanol–water partition coefficient (Wildman–Crippen LogP) is 0.694. The Hall–Kier alpha value is -1.89. The lowest BCUT2D eigenvalue weighted by atomic mass is 10.1. The maximum atomic E-state index is 11.8. The van der Waals surface area contributed by atoms with Gasteiger partial charge < -0.3 is 10.4 Å². The van der Waals surface area contributed by atoms with Gasteiger partial charge in [-0.2, -0.15) is 0 Å². The molecule has 1 rings (SSSR count). The van der Waals surface area contributed by atoms with Gasteiger partial charge in [0.1, 0.15) is 15.9 Å². The first-order valence-electron chi connectivity index (χ1n) is 6.15. The Balaban J connectivity index is 2.69. The summed E-state index contributed by atoms with van der Waals surface area (Å²) in [5.41, 5.74) is 0.331. The van der Waals surface area contributed by atoms with Crippen LogP contribution >= 0.6 is 0 Å². The van der Waals surface area contributed by atoms with Crippen molar-refractivity contribution < 1.29 is 23.1 Å². The molecule has 1 amide bonds. The summed E-state index contributed by atoms with van der Waals surface area (Å²) < 4.78 is 22.8. The lowest BCUT2D eigenvalue weighted by molar-refractivity contribution is -0.139. The second kappa shape index (κ2) is 7.04. The van der Waals surface area contributed by atoms with Crippen molar-refractivity contribution in [2.24, 2.45) is 0 Å². The predicted molar refractivity (Wildman–Crippen MR) is 74.3 cm³/mol. The third kappa shape index (κ3) is 5.00. The van der Waals surface area contributed by atoms with E-state index in [2.05, 4.69) is 5.32 Å². The Morgan fingerprint density at radius 1 is 1.25 bits per heavy atom. The minimum atomic E-state index is -3.26. The summed E-state index contributed by atoms with van der Waals surface area (Å²) in [6.45, 7) is 1.49. The van der Waals surface area contributed by atoms with E-state index in [1.165, 1.54) is 6.92 Å². The molecule has 20 heavy (non-hydrogen) atoms.